The number of amides is 1. The normalized spacial score (nSPS) is 17.3. The van der Waals surface area contributed by atoms with Crippen LogP contribution in [0.15, 0.2) is 24.3 Å². The molecule has 0 spiro atoms. The van der Waals surface area contributed by atoms with E-state index >= 15 is 0 Å². The number of hydrogen-bond acceptors (Lipinski definition) is 5. The number of ketones is 1. The molecule has 0 bridgehead atoms. The van der Waals surface area contributed by atoms with Crippen LogP contribution in [0.3, 0.4) is 0 Å². The number of benzene rings is 1. The van der Waals surface area contributed by atoms with Gasteiger partial charge in [-0.25, -0.2) is 9.37 Å². The molecule has 5 nitrogen and oxygen atoms in total. The highest BCUT2D eigenvalue weighted by Gasteiger charge is 2.25. The number of aromatic nitrogens is 1. The molecular weight excluding hydrogens is 317 g/mol. The number of nitrogens with two attached hydrogens (primary N) is 1. The van der Waals surface area contributed by atoms with Crippen molar-refractivity contribution in [3.8, 4) is 10.4 Å². The molecule has 1 fully saturated rings. The first-order valence-corrected chi connectivity index (χ1v) is 8.19. The van der Waals surface area contributed by atoms with E-state index in [4.69, 9.17) is 5.73 Å². The fraction of sp³-hybridized carbons (Fsp3) is 0.312. The molecule has 1 unspecified atom stereocenters. The molecule has 1 amide bonds. The molecule has 0 aliphatic carbocycles. The number of Topliss-reactive ketones (excluding diaryl/α,β-unsaturated/α-hetero) is 1. The van der Waals surface area contributed by atoms with Crippen LogP contribution in [0.2, 0.25) is 0 Å². The number of halogens is 1. The second kappa shape index (κ2) is 6.55. The molecule has 23 heavy (non-hydrogen) atoms. The maximum Gasteiger partial charge on any atom is 0.277 e. The first-order chi connectivity index (χ1) is 11.0. The Hall–Kier alpha value is -2.12. The third-order valence-electron chi connectivity index (χ3n) is 3.78. The van der Waals surface area contributed by atoms with E-state index in [1.807, 2.05) is 0 Å². The van der Waals surface area contributed by atoms with Crippen LogP contribution < -0.4 is 11.1 Å². The smallest absolute Gasteiger partial charge is 0.277 e. The molecule has 1 aliphatic rings. The number of thiazole rings is 1. The van der Waals surface area contributed by atoms with Crippen molar-refractivity contribution in [3.05, 3.63) is 40.8 Å². The maximum absolute atomic E-state index is 13.5. The topological polar surface area (TPSA) is 85.1 Å². The van der Waals surface area contributed by atoms with E-state index in [2.05, 4.69) is 10.3 Å². The lowest BCUT2D eigenvalue weighted by Gasteiger charge is -2.08. The van der Waals surface area contributed by atoms with Crippen LogP contribution in [-0.2, 0) is 0 Å². The number of carbonyl (C=O) groups excluding carboxylic acids is 2. The van der Waals surface area contributed by atoms with Crippen LogP contribution >= 0.6 is 11.3 Å². The molecule has 2 heterocycles. The van der Waals surface area contributed by atoms with Gasteiger partial charge in [0.2, 0.25) is 0 Å². The molecule has 3 rings (SSSR count). The van der Waals surface area contributed by atoms with Crippen molar-refractivity contribution < 1.29 is 14.0 Å². The number of nitrogens with zero attached hydrogens (tertiary/aromatic N) is 1. The second-order valence-corrected chi connectivity index (χ2v) is 6.49. The maximum atomic E-state index is 13.5. The lowest BCUT2D eigenvalue weighted by molar-refractivity contribution is 0.0968. The number of rotatable bonds is 5. The fourth-order valence-electron chi connectivity index (χ4n) is 2.69. The lowest BCUT2D eigenvalue weighted by atomic mass is 10.0. The molecule has 1 aromatic heterocycles. The molecule has 1 aliphatic heterocycles. The van der Waals surface area contributed by atoms with E-state index in [1.165, 1.54) is 12.1 Å². The van der Waals surface area contributed by atoms with Crippen LogP contribution in [0.4, 0.5) is 4.39 Å². The zero-order chi connectivity index (χ0) is 16.4. The SMILES string of the molecule is NC(=O)c1nc(C(=O)CC2CCCN2)c(-c2cccc(F)c2)s1. The number of hydrogen-bond donors (Lipinski definition) is 2. The Bertz CT molecular complexity index is 754. The van der Waals surface area contributed by atoms with Crippen molar-refractivity contribution in [3.63, 3.8) is 0 Å². The number of primary amides is 1. The molecule has 3 N–H and O–H groups in total. The van der Waals surface area contributed by atoms with E-state index in [-0.39, 0.29) is 22.5 Å². The Morgan fingerprint density at radius 1 is 1.43 bits per heavy atom. The van der Waals surface area contributed by atoms with Crippen LogP contribution in [0.5, 0.6) is 0 Å². The summed E-state index contributed by atoms with van der Waals surface area (Å²) in [6.45, 7) is 0.901. The van der Waals surface area contributed by atoms with Crippen molar-refractivity contribution in [2.24, 2.45) is 5.73 Å². The fourth-order valence-corrected chi connectivity index (χ4v) is 3.62. The van der Waals surface area contributed by atoms with E-state index in [0.717, 1.165) is 30.7 Å². The summed E-state index contributed by atoms with van der Waals surface area (Å²) in [7, 11) is 0. The van der Waals surface area contributed by atoms with Crippen LogP contribution in [0, 0.1) is 5.82 Å². The Balaban J connectivity index is 1.97. The highest BCUT2D eigenvalue weighted by Crippen LogP contribution is 2.32. The molecule has 120 valence electrons. The minimum Gasteiger partial charge on any atom is -0.364 e. The van der Waals surface area contributed by atoms with Gasteiger partial charge in [-0.05, 0) is 37.1 Å². The van der Waals surface area contributed by atoms with Crippen molar-refractivity contribution in [2.75, 3.05) is 6.54 Å². The third kappa shape index (κ3) is 3.46. The Labute approximate surface area is 136 Å². The third-order valence-corrected chi connectivity index (χ3v) is 4.90. The lowest BCUT2D eigenvalue weighted by Crippen LogP contribution is -2.25. The summed E-state index contributed by atoms with van der Waals surface area (Å²) in [5, 5.41) is 3.32. The molecule has 1 saturated heterocycles. The summed E-state index contributed by atoms with van der Waals surface area (Å²) in [4.78, 5) is 28.6. The van der Waals surface area contributed by atoms with Crippen molar-refractivity contribution >= 4 is 23.0 Å². The zero-order valence-corrected chi connectivity index (χ0v) is 13.2. The van der Waals surface area contributed by atoms with Gasteiger partial charge in [0.25, 0.3) is 5.91 Å². The highest BCUT2D eigenvalue weighted by atomic mass is 32.1. The summed E-state index contributed by atoms with van der Waals surface area (Å²) in [6.07, 6.45) is 2.29. The quantitative estimate of drug-likeness (QED) is 0.823. The molecular formula is C16H16FN3O2S. The summed E-state index contributed by atoms with van der Waals surface area (Å²) in [5.41, 5.74) is 6.00. The van der Waals surface area contributed by atoms with E-state index in [0.29, 0.717) is 16.9 Å². The summed E-state index contributed by atoms with van der Waals surface area (Å²) < 4.78 is 13.5. The first kappa shape index (κ1) is 15.8. The van der Waals surface area contributed by atoms with Crippen molar-refractivity contribution in [1.82, 2.24) is 10.3 Å². The van der Waals surface area contributed by atoms with Crippen LogP contribution in [0.25, 0.3) is 10.4 Å². The van der Waals surface area contributed by atoms with Gasteiger partial charge in [0, 0.05) is 12.5 Å². The minimum atomic E-state index is -0.689. The van der Waals surface area contributed by atoms with Gasteiger partial charge in [0.15, 0.2) is 10.8 Å². The van der Waals surface area contributed by atoms with Gasteiger partial charge in [-0.3, -0.25) is 9.59 Å². The average molecular weight is 333 g/mol. The summed E-state index contributed by atoms with van der Waals surface area (Å²) in [6, 6.07) is 6.01. The summed E-state index contributed by atoms with van der Waals surface area (Å²) >= 11 is 1.02. The van der Waals surface area contributed by atoms with Gasteiger partial charge < -0.3 is 11.1 Å². The first-order valence-electron chi connectivity index (χ1n) is 7.38. The van der Waals surface area contributed by atoms with Gasteiger partial charge in [0.1, 0.15) is 11.5 Å². The van der Waals surface area contributed by atoms with Crippen LogP contribution in [-0.4, -0.2) is 29.3 Å². The van der Waals surface area contributed by atoms with Crippen molar-refractivity contribution in [1.29, 1.82) is 0 Å². The van der Waals surface area contributed by atoms with Crippen LogP contribution in [0.1, 0.15) is 39.6 Å². The number of carbonyl (C=O) groups is 2. The molecule has 0 radical (unpaired) electrons. The highest BCUT2D eigenvalue weighted by molar-refractivity contribution is 7.17. The Kier molecular flexibility index (Phi) is 4.49. The standard InChI is InChI=1S/C16H16FN3O2S/c17-10-4-1-3-9(7-10)14-13(20-16(23-14)15(18)22)12(21)8-11-5-2-6-19-11/h1,3-4,7,11,19H,2,5-6,8H2,(H2,18,22). The predicted octanol–water partition coefficient (Wildman–Crippen LogP) is 2.37. The number of nitrogens with one attached hydrogen (secondary N) is 1. The predicted molar refractivity (Wildman–Crippen MR) is 86.0 cm³/mol. The molecule has 1 atom stereocenters. The largest absolute Gasteiger partial charge is 0.364 e. The summed E-state index contributed by atoms with van der Waals surface area (Å²) in [5.74, 6) is -1.26. The molecule has 7 heteroatoms. The Morgan fingerprint density at radius 2 is 2.26 bits per heavy atom. The van der Waals surface area contributed by atoms with Gasteiger partial charge in [-0.2, -0.15) is 0 Å². The van der Waals surface area contributed by atoms with E-state index in [9.17, 15) is 14.0 Å². The molecule has 2 aromatic rings. The van der Waals surface area contributed by atoms with Crippen molar-refractivity contribution in [2.45, 2.75) is 25.3 Å². The minimum absolute atomic E-state index is 0.0620. The van der Waals surface area contributed by atoms with Gasteiger partial charge in [-0.15, -0.1) is 11.3 Å². The van der Waals surface area contributed by atoms with E-state index in [1.54, 1.807) is 12.1 Å². The molecule has 0 saturated carbocycles. The molecule has 1 aromatic carbocycles. The Morgan fingerprint density at radius 3 is 2.91 bits per heavy atom. The van der Waals surface area contributed by atoms with E-state index < -0.39 is 11.7 Å². The second-order valence-electron chi connectivity index (χ2n) is 5.49. The van der Waals surface area contributed by atoms with Gasteiger partial charge in [-0.1, -0.05) is 12.1 Å². The average Bonchev–Trinajstić information content (AvgIpc) is 3.16. The van der Waals surface area contributed by atoms with Gasteiger partial charge >= 0.3 is 0 Å². The zero-order valence-electron chi connectivity index (χ0n) is 12.3. The monoisotopic (exact) mass is 333 g/mol. The van der Waals surface area contributed by atoms with Gasteiger partial charge in [0.05, 0.1) is 4.88 Å².